The third-order valence-electron chi connectivity index (χ3n) is 2.16. The molecule has 3 nitrogen and oxygen atoms in total. The SMILES string of the molecule is NCCCCNC(=O)Cc1ccccc1. The lowest BCUT2D eigenvalue weighted by molar-refractivity contribution is -0.120. The fourth-order valence-corrected chi connectivity index (χ4v) is 1.34. The molecule has 0 aromatic heterocycles. The smallest absolute Gasteiger partial charge is 0.224 e. The molecule has 0 atom stereocenters. The minimum atomic E-state index is 0.0817. The first-order chi connectivity index (χ1) is 7.33. The highest BCUT2D eigenvalue weighted by molar-refractivity contribution is 5.78. The number of unbranched alkanes of at least 4 members (excludes halogenated alkanes) is 1. The van der Waals surface area contributed by atoms with Gasteiger partial charge in [-0.2, -0.15) is 0 Å². The number of nitrogens with two attached hydrogens (primary N) is 1. The van der Waals surface area contributed by atoms with E-state index in [0.717, 1.165) is 24.9 Å². The molecule has 15 heavy (non-hydrogen) atoms. The number of hydrogen-bond donors (Lipinski definition) is 2. The molecule has 0 aliphatic heterocycles. The van der Waals surface area contributed by atoms with Crippen LogP contribution in [0.1, 0.15) is 18.4 Å². The minimum Gasteiger partial charge on any atom is -0.356 e. The summed E-state index contributed by atoms with van der Waals surface area (Å²) in [6.45, 7) is 1.41. The number of carbonyl (C=O) groups is 1. The Bertz CT molecular complexity index is 285. The van der Waals surface area contributed by atoms with E-state index in [1.807, 2.05) is 30.3 Å². The van der Waals surface area contributed by atoms with Crippen LogP contribution in [0, 0.1) is 0 Å². The molecule has 0 saturated carbocycles. The van der Waals surface area contributed by atoms with Gasteiger partial charge in [0.25, 0.3) is 0 Å². The molecule has 1 aromatic rings. The van der Waals surface area contributed by atoms with Crippen molar-refractivity contribution in [2.24, 2.45) is 5.73 Å². The highest BCUT2D eigenvalue weighted by atomic mass is 16.1. The molecule has 3 heteroatoms. The average molecular weight is 206 g/mol. The van der Waals surface area contributed by atoms with Crippen LogP contribution < -0.4 is 11.1 Å². The third-order valence-corrected chi connectivity index (χ3v) is 2.16. The van der Waals surface area contributed by atoms with Crippen LogP contribution in [0.25, 0.3) is 0 Å². The average Bonchev–Trinajstić information content (AvgIpc) is 2.26. The first kappa shape index (κ1) is 11.7. The topological polar surface area (TPSA) is 55.1 Å². The molecule has 0 radical (unpaired) electrons. The summed E-state index contributed by atoms with van der Waals surface area (Å²) in [5.41, 5.74) is 6.41. The van der Waals surface area contributed by atoms with E-state index < -0.39 is 0 Å². The fraction of sp³-hybridized carbons (Fsp3) is 0.417. The Hall–Kier alpha value is -1.35. The molecule has 0 unspecified atom stereocenters. The second-order valence-electron chi connectivity index (χ2n) is 3.51. The molecule has 0 aliphatic rings. The van der Waals surface area contributed by atoms with Crippen LogP contribution in [0.4, 0.5) is 0 Å². The molecular weight excluding hydrogens is 188 g/mol. The van der Waals surface area contributed by atoms with Crippen molar-refractivity contribution in [3.63, 3.8) is 0 Å². The number of benzene rings is 1. The fourth-order valence-electron chi connectivity index (χ4n) is 1.34. The summed E-state index contributed by atoms with van der Waals surface area (Å²) in [7, 11) is 0. The van der Waals surface area contributed by atoms with Crippen LogP contribution in [0.5, 0.6) is 0 Å². The standard InChI is InChI=1S/C12H18N2O/c13-8-4-5-9-14-12(15)10-11-6-2-1-3-7-11/h1-3,6-7H,4-5,8-10,13H2,(H,14,15). The van der Waals surface area contributed by atoms with E-state index in [4.69, 9.17) is 5.73 Å². The molecule has 0 bridgehead atoms. The lowest BCUT2D eigenvalue weighted by Crippen LogP contribution is -2.26. The van der Waals surface area contributed by atoms with Gasteiger partial charge in [0.1, 0.15) is 0 Å². The van der Waals surface area contributed by atoms with Crippen molar-refractivity contribution in [1.29, 1.82) is 0 Å². The molecule has 0 fully saturated rings. The highest BCUT2D eigenvalue weighted by Crippen LogP contribution is 1.99. The molecule has 1 rings (SSSR count). The molecular formula is C12H18N2O. The molecule has 0 spiro atoms. The lowest BCUT2D eigenvalue weighted by atomic mass is 10.1. The van der Waals surface area contributed by atoms with Gasteiger partial charge in [-0.05, 0) is 24.9 Å². The number of amides is 1. The Morgan fingerprint density at radius 1 is 1.20 bits per heavy atom. The van der Waals surface area contributed by atoms with Gasteiger partial charge in [-0.25, -0.2) is 0 Å². The summed E-state index contributed by atoms with van der Waals surface area (Å²) in [6, 6.07) is 9.75. The Labute approximate surface area is 90.7 Å². The molecule has 1 amide bonds. The summed E-state index contributed by atoms with van der Waals surface area (Å²) in [5, 5.41) is 2.87. The quantitative estimate of drug-likeness (QED) is 0.684. The molecule has 0 heterocycles. The summed E-state index contributed by atoms with van der Waals surface area (Å²) in [5.74, 6) is 0.0817. The summed E-state index contributed by atoms with van der Waals surface area (Å²) in [4.78, 5) is 11.4. The lowest BCUT2D eigenvalue weighted by Gasteiger charge is -2.04. The van der Waals surface area contributed by atoms with Gasteiger partial charge < -0.3 is 11.1 Å². The van der Waals surface area contributed by atoms with Crippen molar-refractivity contribution in [2.45, 2.75) is 19.3 Å². The summed E-state index contributed by atoms with van der Waals surface area (Å²) < 4.78 is 0. The maximum atomic E-state index is 11.4. The van der Waals surface area contributed by atoms with E-state index in [1.54, 1.807) is 0 Å². The number of nitrogens with one attached hydrogen (secondary N) is 1. The highest BCUT2D eigenvalue weighted by Gasteiger charge is 2.01. The van der Waals surface area contributed by atoms with E-state index in [-0.39, 0.29) is 5.91 Å². The van der Waals surface area contributed by atoms with Crippen molar-refractivity contribution < 1.29 is 4.79 Å². The van der Waals surface area contributed by atoms with Crippen molar-refractivity contribution in [1.82, 2.24) is 5.32 Å². The van der Waals surface area contributed by atoms with E-state index in [2.05, 4.69) is 5.32 Å². The van der Waals surface area contributed by atoms with E-state index in [1.165, 1.54) is 0 Å². The predicted octanol–water partition coefficient (Wildman–Crippen LogP) is 1.08. The largest absolute Gasteiger partial charge is 0.356 e. The maximum Gasteiger partial charge on any atom is 0.224 e. The van der Waals surface area contributed by atoms with Gasteiger partial charge in [-0.3, -0.25) is 4.79 Å². The van der Waals surface area contributed by atoms with Crippen molar-refractivity contribution in [3.8, 4) is 0 Å². The molecule has 1 aromatic carbocycles. The van der Waals surface area contributed by atoms with Crippen LogP contribution in [0.2, 0.25) is 0 Å². The van der Waals surface area contributed by atoms with Crippen molar-refractivity contribution in [2.75, 3.05) is 13.1 Å². The van der Waals surface area contributed by atoms with Crippen LogP contribution in [0.15, 0.2) is 30.3 Å². The third kappa shape index (κ3) is 5.18. The van der Waals surface area contributed by atoms with Gasteiger partial charge in [0.05, 0.1) is 6.42 Å². The molecule has 0 saturated heterocycles. The van der Waals surface area contributed by atoms with Crippen molar-refractivity contribution >= 4 is 5.91 Å². The monoisotopic (exact) mass is 206 g/mol. The molecule has 0 aliphatic carbocycles. The van der Waals surface area contributed by atoms with Crippen LogP contribution >= 0.6 is 0 Å². The van der Waals surface area contributed by atoms with Crippen LogP contribution in [0.3, 0.4) is 0 Å². The zero-order chi connectivity index (χ0) is 10.9. The first-order valence-electron chi connectivity index (χ1n) is 5.33. The predicted molar refractivity (Wildman–Crippen MR) is 61.4 cm³/mol. The number of rotatable bonds is 6. The van der Waals surface area contributed by atoms with Crippen LogP contribution in [-0.2, 0) is 11.2 Å². The minimum absolute atomic E-state index is 0.0817. The normalized spacial score (nSPS) is 9.93. The van der Waals surface area contributed by atoms with E-state index >= 15 is 0 Å². The molecule has 3 N–H and O–H groups in total. The van der Waals surface area contributed by atoms with Gasteiger partial charge in [-0.1, -0.05) is 30.3 Å². The second-order valence-corrected chi connectivity index (χ2v) is 3.51. The Morgan fingerprint density at radius 3 is 2.60 bits per heavy atom. The van der Waals surface area contributed by atoms with Crippen molar-refractivity contribution in [3.05, 3.63) is 35.9 Å². The zero-order valence-corrected chi connectivity index (χ0v) is 8.91. The summed E-state index contributed by atoms with van der Waals surface area (Å²) >= 11 is 0. The summed E-state index contributed by atoms with van der Waals surface area (Å²) in [6.07, 6.45) is 2.38. The molecule has 82 valence electrons. The van der Waals surface area contributed by atoms with Gasteiger partial charge in [0.2, 0.25) is 5.91 Å². The van der Waals surface area contributed by atoms with Gasteiger partial charge in [-0.15, -0.1) is 0 Å². The maximum absolute atomic E-state index is 11.4. The zero-order valence-electron chi connectivity index (χ0n) is 8.91. The van der Waals surface area contributed by atoms with E-state index in [9.17, 15) is 4.79 Å². The Kier molecular flexibility index (Phi) is 5.48. The van der Waals surface area contributed by atoms with Crippen LogP contribution in [-0.4, -0.2) is 19.0 Å². The number of hydrogen-bond acceptors (Lipinski definition) is 2. The number of carbonyl (C=O) groups excluding carboxylic acids is 1. The first-order valence-corrected chi connectivity index (χ1v) is 5.33. The van der Waals surface area contributed by atoms with E-state index in [0.29, 0.717) is 13.0 Å². The van der Waals surface area contributed by atoms with Gasteiger partial charge >= 0.3 is 0 Å². The Balaban J connectivity index is 2.19. The van der Waals surface area contributed by atoms with Gasteiger partial charge in [0, 0.05) is 6.54 Å². The Morgan fingerprint density at radius 2 is 1.93 bits per heavy atom. The van der Waals surface area contributed by atoms with Gasteiger partial charge in [0.15, 0.2) is 0 Å². The second kappa shape index (κ2) is 7.01.